The summed E-state index contributed by atoms with van der Waals surface area (Å²) in [6.45, 7) is 2.25. The zero-order valence-electron chi connectivity index (χ0n) is 15.2. The van der Waals surface area contributed by atoms with Gasteiger partial charge in [0, 0.05) is 17.6 Å². The van der Waals surface area contributed by atoms with E-state index in [1.54, 1.807) is 24.3 Å². The van der Waals surface area contributed by atoms with Crippen molar-refractivity contribution in [3.63, 3.8) is 0 Å². The van der Waals surface area contributed by atoms with Crippen LogP contribution in [0.15, 0.2) is 42.5 Å². The summed E-state index contributed by atoms with van der Waals surface area (Å²) in [5.74, 6) is -0.0333. The van der Waals surface area contributed by atoms with Gasteiger partial charge in [-0.1, -0.05) is 41.4 Å². The summed E-state index contributed by atoms with van der Waals surface area (Å²) in [5, 5.41) is 14.6. The van der Waals surface area contributed by atoms with Gasteiger partial charge >= 0.3 is 5.97 Å². The molecule has 0 saturated heterocycles. The summed E-state index contributed by atoms with van der Waals surface area (Å²) < 4.78 is 9.85. The number of esters is 1. The zero-order valence-corrected chi connectivity index (χ0v) is 16.8. The van der Waals surface area contributed by atoms with Gasteiger partial charge in [-0.2, -0.15) is 0 Å². The smallest absolute Gasteiger partial charge is 0.343 e. The van der Waals surface area contributed by atoms with Gasteiger partial charge < -0.3 is 19.9 Å². The summed E-state index contributed by atoms with van der Waals surface area (Å²) in [4.78, 5) is 11.1. The molecule has 2 atom stereocenters. The topological polar surface area (TPSA) is 67.8 Å². The number of nitrogens with one attached hydrogen (secondary N) is 1. The fraction of sp³-hybridized carbons (Fsp3) is 0.350. The Kier molecular flexibility index (Phi) is 8.38. The SMILES string of the molecule is COC(=O)COc1ccc(CC(C)NCC(O)c2cccc(Cl)c2)cc1Cl. The van der Waals surface area contributed by atoms with Crippen molar-refractivity contribution in [3.05, 3.63) is 63.6 Å². The first-order chi connectivity index (χ1) is 12.9. The quantitative estimate of drug-likeness (QED) is 0.614. The van der Waals surface area contributed by atoms with Crippen LogP contribution in [-0.4, -0.2) is 37.4 Å². The molecule has 0 aliphatic carbocycles. The van der Waals surface area contributed by atoms with Crippen molar-refractivity contribution >= 4 is 29.2 Å². The van der Waals surface area contributed by atoms with Crippen molar-refractivity contribution in [2.45, 2.75) is 25.5 Å². The van der Waals surface area contributed by atoms with E-state index in [0.717, 1.165) is 17.5 Å². The Labute approximate surface area is 169 Å². The van der Waals surface area contributed by atoms with E-state index in [0.29, 0.717) is 22.3 Å². The molecule has 0 aliphatic heterocycles. The number of methoxy groups -OCH3 is 1. The number of benzene rings is 2. The average molecular weight is 412 g/mol. The molecule has 5 nitrogen and oxygen atoms in total. The van der Waals surface area contributed by atoms with Gasteiger partial charge in [0.15, 0.2) is 6.61 Å². The van der Waals surface area contributed by atoms with Crippen LogP contribution in [0.3, 0.4) is 0 Å². The van der Waals surface area contributed by atoms with E-state index in [-0.39, 0.29) is 12.6 Å². The Morgan fingerprint density at radius 3 is 2.67 bits per heavy atom. The molecule has 0 amide bonds. The first-order valence-electron chi connectivity index (χ1n) is 8.54. The summed E-state index contributed by atoms with van der Waals surface area (Å²) in [5.41, 5.74) is 1.79. The summed E-state index contributed by atoms with van der Waals surface area (Å²) in [7, 11) is 1.30. The Morgan fingerprint density at radius 2 is 2.00 bits per heavy atom. The number of halogens is 2. The van der Waals surface area contributed by atoms with E-state index >= 15 is 0 Å². The summed E-state index contributed by atoms with van der Waals surface area (Å²) in [6.07, 6.45) is 0.0862. The first-order valence-corrected chi connectivity index (χ1v) is 9.29. The van der Waals surface area contributed by atoms with Crippen molar-refractivity contribution in [3.8, 4) is 5.75 Å². The van der Waals surface area contributed by atoms with E-state index in [9.17, 15) is 9.90 Å². The molecule has 27 heavy (non-hydrogen) atoms. The van der Waals surface area contributed by atoms with Crippen LogP contribution in [-0.2, 0) is 16.0 Å². The molecule has 0 radical (unpaired) electrons. The lowest BCUT2D eigenvalue weighted by Gasteiger charge is -2.18. The minimum Gasteiger partial charge on any atom is -0.480 e. The molecular weight excluding hydrogens is 389 g/mol. The number of ether oxygens (including phenoxy) is 2. The Morgan fingerprint density at radius 1 is 1.22 bits per heavy atom. The second kappa shape index (κ2) is 10.5. The summed E-state index contributed by atoms with van der Waals surface area (Å²) in [6, 6.07) is 12.7. The highest BCUT2D eigenvalue weighted by atomic mass is 35.5. The van der Waals surface area contributed by atoms with Crippen molar-refractivity contribution in [1.29, 1.82) is 0 Å². The number of carbonyl (C=O) groups excluding carboxylic acids is 1. The highest BCUT2D eigenvalue weighted by Crippen LogP contribution is 2.26. The Hall–Kier alpha value is -1.79. The molecule has 2 aromatic carbocycles. The molecule has 0 heterocycles. The van der Waals surface area contributed by atoms with E-state index in [1.165, 1.54) is 7.11 Å². The predicted molar refractivity (Wildman–Crippen MR) is 107 cm³/mol. The predicted octanol–water partition coefficient (Wildman–Crippen LogP) is 3.80. The monoisotopic (exact) mass is 411 g/mol. The number of carbonyl (C=O) groups is 1. The standard InChI is InChI=1S/C20H23Cl2NO4/c1-13(23-11-18(24)15-4-3-5-16(21)10-15)8-14-6-7-19(17(22)9-14)27-12-20(25)26-2/h3-7,9-10,13,18,23-24H,8,11-12H2,1-2H3. The van der Waals surface area contributed by atoms with Gasteiger partial charge in [0.05, 0.1) is 18.2 Å². The van der Waals surface area contributed by atoms with Gasteiger partial charge in [0.1, 0.15) is 5.75 Å². The fourth-order valence-electron chi connectivity index (χ4n) is 2.55. The Bertz CT molecular complexity index is 769. The molecule has 0 bridgehead atoms. The van der Waals surface area contributed by atoms with Crippen molar-refractivity contribution in [1.82, 2.24) is 5.32 Å². The van der Waals surface area contributed by atoms with Gasteiger partial charge in [-0.25, -0.2) is 4.79 Å². The molecule has 0 aromatic heterocycles. The van der Waals surface area contributed by atoms with Crippen molar-refractivity contribution < 1.29 is 19.4 Å². The molecule has 0 saturated carbocycles. The molecule has 2 aromatic rings. The number of rotatable bonds is 9. The molecule has 0 aliphatic rings. The van der Waals surface area contributed by atoms with Gasteiger partial charge in [0.25, 0.3) is 0 Å². The van der Waals surface area contributed by atoms with Crippen molar-refractivity contribution in [2.24, 2.45) is 0 Å². The first kappa shape index (κ1) is 21.5. The zero-order chi connectivity index (χ0) is 19.8. The highest BCUT2D eigenvalue weighted by molar-refractivity contribution is 6.32. The van der Waals surface area contributed by atoms with Gasteiger partial charge in [-0.05, 0) is 48.7 Å². The third-order valence-electron chi connectivity index (χ3n) is 4.00. The second-order valence-corrected chi connectivity index (χ2v) is 7.06. The van der Waals surface area contributed by atoms with Crippen molar-refractivity contribution in [2.75, 3.05) is 20.3 Å². The minimum atomic E-state index is -0.635. The lowest BCUT2D eigenvalue weighted by Crippen LogP contribution is -2.32. The molecule has 2 rings (SSSR count). The van der Waals surface area contributed by atoms with Crippen LogP contribution in [0.1, 0.15) is 24.2 Å². The Balaban J connectivity index is 1.85. The molecule has 2 N–H and O–H groups in total. The number of aliphatic hydroxyl groups is 1. The van der Waals surface area contributed by atoms with Crippen LogP contribution in [0, 0.1) is 0 Å². The largest absolute Gasteiger partial charge is 0.480 e. The fourth-order valence-corrected chi connectivity index (χ4v) is 3.01. The number of hydrogen-bond donors (Lipinski definition) is 2. The maximum atomic E-state index is 11.1. The van der Waals surface area contributed by atoms with E-state index < -0.39 is 12.1 Å². The third-order valence-corrected chi connectivity index (χ3v) is 4.53. The minimum absolute atomic E-state index is 0.122. The molecule has 7 heteroatoms. The molecule has 2 unspecified atom stereocenters. The lowest BCUT2D eigenvalue weighted by molar-refractivity contribution is -0.142. The molecule has 0 fully saturated rings. The van der Waals surface area contributed by atoms with E-state index in [2.05, 4.69) is 10.1 Å². The van der Waals surface area contributed by atoms with Crippen LogP contribution in [0.2, 0.25) is 10.0 Å². The number of hydrogen-bond acceptors (Lipinski definition) is 5. The molecule has 0 spiro atoms. The normalized spacial score (nSPS) is 13.1. The average Bonchev–Trinajstić information content (AvgIpc) is 2.65. The van der Waals surface area contributed by atoms with Crippen LogP contribution >= 0.6 is 23.2 Å². The highest BCUT2D eigenvalue weighted by Gasteiger charge is 2.12. The van der Waals surface area contributed by atoms with Crippen LogP contribution in [0.5, 0.6) is 5.75 Å². The van der Waals surface area contributed by atoms with Crippen LogP contribution in [0.25, 0.3) is 0 Å². The van der Waals surface area contributed by atoms with Gasteiger partial charge in [-0.15, -0.1) is 0 Å². The second-order valence-electron chi connectivity index (χ2n) is 6.21. The van der Waals surface area contributed by atoms with Gasteiger partial charge in [0.2, 0.25) is 0 Å². The maximum Gasteiger partial charge on any atom is 0.343 e. The summed E-state index contributed by atoms with van der Waals surface area (Å²) >= 11 is 12.2. The van der Waals surface area contributed by atoms with Gasteiger partial charge in [-0.3, -0.25) is 0 Å². The van der Waals surface area contributed by atoms with Crippen LogP contribution < -0.4 is 10.1 Å². The maximum absolute atomic E-state index is 11.1. The van der Waals surface area contributed by atoms with E-state index in [4.69, 9.17) is 27.9 Å². The number of aliphatic hydroxyl groups excluding tert-OH is 1. The van der Waals surface area contributed by atoms with E-state index in [1.807, 2.05) is 25.1 Å². The van der Waals surface area contributed by atoms with Crippen LogP contribution in [0.4, 0.5) is 0 Å². The molecule has 146 valence electrons. The molecular formula is C20H23Cl2NO4. The third kappa shape index (κ3) is 7.03. The lowest BCUT2D eigenvalue weighted by atomic mass is 10.1.